The van der Waals surface area contributed by atoms with E-state index < -0.39 is 4.92 Å². The molecule has 1 heterocycles. The summed E-state index contributed by atoms with van der Waals surface area (Å²) < 4.78 is 10.8. The molecule has 3 rings (SSSR count). The van der Waals surface area contributed by atoms with Crippen molar-refractivity contribution in [3.63, 3.8) is 0 Å². The molecule has 0 aromatic heterocycles. The van der Waals surface area contributed by atoms with Crippen LogP contribution < -0.4 is 9.47 Å². The molecule has 0 radical (unpaired) electrons. The summed E-state index contributed by atoms with van der Waals surface area (Å²) in [6.07, 6.45) is 1.47. The average molecular weight is 422 g/mol. The van der Waals surface area contributed by atoms with Gasteiger partial charge in [-0.3, -0.25) is 15.0 Å². The highest BCUT2D eigenvalue weighted by atomic mass is 16.6. The van der Waals surface area contributed by atoms with E-state index in [2.05, 4.69) is 22.8 Å². The van der Waals surface area contributed by atoms with E-state index in [0.29, 0.717) is 17.0 Å². The monoisotopic (exact) mass is 422 g/mol. The number of allylic oxidation sites excluding steroid dienone is 1. The number of nitro benzene ring substituents is 1. The normalized spacial score (nSPS) is 14.8. The van der Waals surface area contributed by atoms with E-state index in [-0.39, 0.29) is 5.69 Å². The molecule has 2 aromatic rings. The summed E-state index contributed by atoms with van der Waals surface area (Å²) in [5, 5.41) is 20.4. The number of hydrogen-bond donors (Lipinski definition) is 0. The number of piperazine rings is 1. The molecule has 0 amide bonds. The van der Waals surface area contributed by atoms with Crippen molar-refractivity contribution in [2.75, 3.05) is 40.4 Å². The maximum atomic E-state index is 11.1. The van der Waals surface area contributed by atoms with Gasteiger partial charge in [-0.2, -0.15) is 5.26 Å². The Labute approximate surface area is 182 Å². The highest BCUT2D eigenvalue weighted by molar-refractivity contribution is 5.68. The van der Waals surface area contributed by atoms with Crippen LogP contribution >= 0.6 is 0 Å². The van der Waals surface area contributed by atoms with E-state index in [1.54, 1.807) is 26.4 Å². The second-order valence-electron chi connectivity index (χ2n) is 7.36. The number of methoxy groups -OCH3 is 2. The second-order valence-corrected chi connectivity index (χ2v) is 7.36. The lowest BCUT2D eigenvalue weighted by Crippen LogP contribution is -2.45. The lowest BCUT2D eigenvalue weighted by Gasteiger charge is -2.37. The van der Waals surface area contributed by atoms with Crippen molar-refractivity contribution in [1.29, 1.82) is 5.26 Å². The Morgan fingerprint density at radius 3 is 2.45 bits per heavy atom. The van der Waals surface area contributed by atoms with Gasteiger partial charge in [0.1, 0.15) is 0 Å². The molecular weight excluding hydrogens is 396 g/mol. The maximum absolute atomic E-state index is 11.1. The number of hydrogen-bond acceptors (Lipinski definition) is 7. The predicted octanol–water partition coefficient (Wildman–Crippen LogP) is 3.60. The molecule has 0 saturated carbocycles. The summed E-state index contributed by atoms with van der Waals surface area (Å²) in [5.41, 5.74) is 3.73. The molecule has 0 unspecified atom stereocenters. The van der Waals surface area contributed by atoms with Crippen molar-refractivity contribution in [2.24, 2.45) is 0 Å². The molecule has 0 bridgehead atoms. The van der Waals surface area contributed by atoms with Crippen LogP contribution in [0.4, 0.5) is 5.69 Å². The summed E-state index contributed by atoms with van der Waals surface area (Å²) in [6, 6.07) is 12.5. The quantitative estimate of drug-likeness (QED) is 0.382. The van der Waals surface area contributed by atoms with E-state index in [1.807, 2.05) is 12.1 Å². The Morgan fingerprint density at radius 2 is 1.84 bits per heavy atom. The molecule has 2 aromatic carbocycles. The Morgan fingerprint density at radius 1 is 1.16 bits per heavy atom. The standard InChI is InChI=1S/C23H26N4O4/c1-17-13-22(30-2)23(31-3)15-19(17)16-25-9-11-26(12-10-25)21(7-8-24)18-5-4-6-20(14-18)27(28)29/h4-7,13-15H,9-12,16H2,1-3H3/b21-7-. The number of nitro groups is 1. The molecule has 1 fully saturated rings. The van der Waals surface area contributed by atoms with Crippen molar-refractivity contribution in [2.45, 2.75) is 13.5 Å². The van der Waals surface area contributed by atoms with Gasteiger partial charge in [0.05, 0.1) is 30.9 Å². The van der Waals surface area contributed by atoms with Gasteiger partial charge in [0, 0.05) is 56.5 Å². The van der Waals surface area contributed by atoms with Gasteiger partial charge in [0.25, 0.3) is 5.69 Å². The Bertz CT molecular complexity index is 1020. The lowest BCUT2D eigenvalue weighted by molar-refractivity contribution is -0.384. The van der Waals surface area contributed by atoms with Crippen molar-refractivity contribution >= 4 is 11.4 Å². The number of nitrogens with zero attached hydrogens (tertiary/aromatic N) is 4. The van der Waals surface area contributed by atoms with Gasteiger partial charge in [0.15, 0.2) is 11.5 Å². The topological polar surface area (TPSA) is 91.9 Å². The molecule has 1 saturated heterocycles. The summed E-state index contributed by atoms with van der Waals surface area (Å²) in [4.78, 5) is 15.2. The minimum Gasteiger partial charge on any atom is -0.493 e. The second kappa shape index (κ2) is 9.96. The first-order valence-electron chi connectivity index (χ1n) is 10.00. The Balaban J connectivity index is 1.71. The van der Waals surface area contributed by atoms with Crippen molar-refractivity contribution < 1.29 is 14.4 Å². The molecule has 8 heteroatoms. The molecule has 8 nitrogen and oxygen atoms in total. The first-order chi connectivity index (χ1) is 15.0. The molecule has 1 aliphatic rings. The van der Waals surface area contributed by atoms with E-state index in [1.165, 1.54) is 23.8 Å². The van der Waals surface area contributed by atoms with Crippen LogP contribution in [-0.2, 0) is 6.54 Å². The fraction of sp³-hybridized carbons (Fsp3) is 0.348. The fourth-order valence-electron chi connectivity index (χ4n) is 3.78. The number of nitriles is 1. The molecule has 0 spiro atoms. The number of benzene rings is 2. The minimum absolute atomic E-state index is 0.0175. The van der Waals surface area contributed by atoms with E-state index in [9.17, 15) is 15.4 Å². The van der Waals surface area contributed by atoms with Crippen molar-refractivity contribution in [3.8, 4) is 17.6 Å². The van der Waals surface area contributed by atoms with Gasteiger partial charge in [-0.1, -0.05) is 12.1 Å². The van der Waals surface area contributed by atoms with Crippen LogP contribution in [0.25, 0.3) is 5.70 Å². The van der Waals surface area contributed by atoms with Gasteiger partial charge < -0.3 is 14.4 Å². The van der Waals surface area contributed by atoms with Gasteiger partial charge in [-0.25, -0.2) is 0 Å². The van der Waals surface area contributed by atoms with Crippen LogP contribution in [0.3, 0.4) is 0 Å². The van der Waals surface area contributed by atoms with E-state index >= 15 is 0 Å². The zero-order chi connectivity index (χ0) is 22.4. The average Bonchev–Trinajstić information content (AvgIpc) is 2.79. The van der Waals surface area contributed by atoms with Crippen LogP contribution in [0.15, 0.2) is 42.5 Å². The van der Waals surface area contributed by atoms with Crippen LogP contribution in [0.1, 0.15) is 16.7 Å². The van der Waals surface area contributed by atoms with Gasteiger partial charge in [-0.05, 0) is 30.2 Å². The van der Waals surface area contributed by atoms with E-state index in [4.69, 9.17) is 9.47 Å². The minimum atomic E-state index is -0.420. The lowest BCUT2D eigenvalue weighted by atomic mass is 10.1. The highest BCUT2D eigenvalue weighted by Crippen LogP contribution is 2.31. The smallest absolute Gasteiger partial charge is 0.270 e. The summed E-state index contributed by atoms with van der Waals surface area (Å²) in [7, 11) is 3.26. The first kappa shape index (κ1) is 22.1. The summed E-state index contributed by atoms with van der Waals surface area (Å²) in [6.45, 7) is 5.92. The predicted molar refractivity (Wildman–Crippen MR) is 118 cm³/mol. The van der Waals surface area contributed by atoms with Crippen LogP contribution in [0.5, 0.6) is 11.5 Å². The maximum Gasteiger partial charge on any atom is 0.270 e. The summed E-state index contributed by atoms with van der Waals surface area (Å²) in [5.74, 6) is 1.43. The van der Waals surface area contributed by atoms with Crippen LogP contribution in [0.2, 0.25) is 0 Å². The number of ether oxygens (including phenoxy) is 2. The van der Waals surface area contributed by atoms with Crippen LogP contribution in [0, 0.1) is 28.4 Å². The zero-order valence-electron chi connectivity index (χ0n) is 18.0. The molecule has 0 aliphatic carbocycles. The van der Waals surface area contributed by atoms with Crippen molar-refractivity contribution in [1.82, 2.24) is 9.80 Å². The zero-order valence-corrected chi connectivity index (χ0v) is 18.0. The third kappa shape index (κ3) is 5.13. The van der Waals surface area contributed by atoms with Gasteiger partial charge in [-0.15, -0.1) is 0 Å². The number of aryl methyl sites for hydroxylation is 1. The molecule has 31 heavy (non-hydrogen) atoms. The number of rotatable bonds is 7. The third-order valence-electron chi connectivity index (χ3n) is 5.50. The summed E-state index contributed by atoms with van der Waals surface area (Å²) >= 11 is 0. The molecule has 0 atom stereocenters. The third-order valence-corrected chi connectivity index (χ3v) is 5.50. The molecule has 0 N–H and O–H groups in total. The van der Waals surface area contributed by atoms with E-state index in [0.717, 1.165) is 44.0 Å². The molecule has 1 aliphatic heterocycles. The van der Waals surface area contributed by atoms with Gasteiger partial charge in [0.2, 0.25) is 0 Å². The SMILES string of the molecule is COc1cc(C)c(CN2CCN(/C(=C\C#N)c3cccc([N+](=O)[O-])c3)CC2)cc1OC. The number of non-ortho nitro benzene ring substituents is 1. The Kier molecular flexibility index (Phi) is 7.11. The molecular formula is C23H26N4O4. The van der Waals surface area contributed by atoms with Crippen LogP contribution in [-0.4, -0.2) is 55.1 Å². The highest BCUT2D eigenvalue weighted by Gasteiger charge is 2.22. The molecule has 162 valence electrons. The largest absolute Gasteiger partial charge is 0.493 e. The first-order valence-corrected chi connectivity index (χ1v) is 10.00. The fourth-order valence-corrected chi connectivity index (χ4v) is 3.78. The Hall–Kier alpha value is -3.57. The van der Waals surface area contributed by atoms with Gasteiger partial charge >= 0.3 is 0 Å². The van der Waals surface area contributed by atoms with Crippen molar-refractivity contribution in [3.05, 3.63) is 69.3 Å².